The van der Waals surface area contributed by atoms with Crippen LogP contribution in [0, 0.1) is 35.8 Å². The van der Waals surface area contributed by atoms with Gasteiger partial charge in [0.05, 0.1) is 11.1 Å². The number of benzene rings is 2. The van der Waals surface area contributed by atoms with E-state index in [-0.39, 0.29) is 17.0 Å². The van der Waals surface area contributed by atoms with E-state index in [0.29, 0.717) is 45.6 Å². The summed E-state index contributed by atoms with van der Waals surface area (Å²) in [4.78, 5) is 4.52. The van der Waals surface area contributed by atoms with Crippen molar-refractivity contribution in [2.75, 3.05) is 13.1 Å². The van der Waals surface area contributed by atoms with Crippen molar-refractivity contribution in [3.63, 3.8) is 0 Å². The molecule has 33 heavy (non-hydrogen) atoms. The number of phenolic OH excluding ortho intramolecular Hbond substituents is 1. The van der Waals surface area contributed by atoms with E-state index in [4.69, 9.17) is 6.42 Å². The molecule has 3 atom stereocenters. The highest BCUT2D eigenvalue weighted by molar-refractivity contribution is 6.02. The Bertz CT molecular complexity index is 1520. The predicted octanol–water partition coefficient (Wildman–Crippen LogP) is 5.09. The van der Waals surface area contributed by atoms with Gasteiger partial charge in [-0.3, -0.25) is 4.98 Å². The molecule has 1 aliphatic heterocycles. The summed E-state index contributed by atoms with van der Waals surface area (Å²) >= 11 is 0. The van der Waals surface area contributed by atoms with Crippen LogP contribution in [-0.2, 0) is 0 Å². The summed E-state index contributed by atoms with van der Waals surface area (Å²) < 4.78 is 32.9. The van der Waals surface area contributed by atoms with Crippen LogP contribution < -0.4 is 5.32 Å². The van der Waals surface area contributed by atoms with Gasteiger partial charge in [0, 0.05) is 34.8 Å². The molecule has 4 nitrogen and oxygen atoms in total. The van der Waals surface area contributed by atoms with Crippen molar-refractivity contribution in [1.82, 2.24) is 14.9 Å². The lowest BCUT2D eigenvalue weighted by Gasteiger charge is -2.13. The van der Waals surface area contributed by atoms with Gasteiger partial charge in [-0.05, 0) is 72.8 Å². The molecule has 0 spiro atoms. The number of nitrogens with zero attached hydrogens (tertiary/aromatic N) is 2. The number of piperidine rings is 1. The number of hydrogen-bond donors (Lipinski definition) is 2. The fraction of sp³-hybridized carbons (Fsp3) is 0.296. The SMILES string of the molecule is C#Cc1c(F)ccc2cc(O)cc(-c3ncc4c(C5[C@H]6CNC[C@@H]56)cn(C5CC5)c4c3F)c12. The Hall–Kier alpha value is -3.43. The van der Waals surface area contributed by atoms with Crippen molar-refractivity contribution in [3.05, 3.63) is 59.4 Å². The largest absolute Gasteiger partial charge is 0.508 e. The Morgan fingerprint density at radius 3 is 2.67 bits per heavy atom. The lowest BCUT2D eigenvalue weighted by Crippen LogP contribution is -2.13. The molecule has 4 aromatic rings. The predicted molar refractivity (Wildman–Crippen MR) is 123 cm³/mol. The number of aromatic hydroxyl groups is 1. The van der Waals surface area contributed by atoms with E-state index >= 15 is 4.39 Å². The fourth-order valence-corrected chi connectivity index (χ4v) is 5.95. The molecule has 2 aromatic carbocycles. The van der Waals surface area contributed by atoms with Crippen LogP contribution in [0.15, 0.2) is 36.7 Å². The quantitative estimate of drug-likeness (QED) is 0.436. The monoisotopic (exact) mass is 441 g/mol. The minimum absolute atomic E-state index is 0.0420. The Balaban J connectivity index is 1.50. The summed E-state index contributed by atoms with van der Waals surface area (Å²) in [5.41, 5.74) is 2.15. The molecule has 2 N–H and O–H groups in total. The van der Waals surface area contributed by atoms with Gasteiger partial charge in [-0.25, -0.2) is 8.78 Å². The molecule has 3 aliphatic rings. The van der Waals surface area contributed by atoms with E-state index in [1.165, 1.54) is 29.8 Å². The topological polar surface area (TPSA) is 50.1 Å². The Labute approximate surface area is 189 Å². The Morgan fingerprint density at radius 2 is 1.94 bits per heavy atom. The minimum Gasteiger partial charge on any atom is -0.508 e. The van der Waals surface area contributed by atoms with Gasteiger partial charge >= 0.3 is 0 Å². The van der Waals surface area contributed by atoms with Gasteiger partial charge in [0.2, 0.25) is 0 Å². The van der Waals surface area contributed by atoms with Crippen LogP contribution in [0.2, 0.25) is 0 Å². The average Bonchev–Trinajstić information content (AvgIpc) is 3.68. The molecule has 2 aromatic heterocycles. The molecule has 6 heteroatoms. The Kier molecular flexibility index (Phi) is 3.79. The first-order chi connectivity index (χ1) is 16.1. The lowest BCUT2D eigenvalue weighted by atomic mass is 9.95. The second kappa shape index (κ2) is 6.55. The summed E-state index contributed by atoms with van der Waals surface area (Å²) in [6.07, 6.45) is 11.5. The van der Waals surface area contributed by atoms with Gasteiger partial charge in [0.1, 0.15) is 17.3 Å². The van der Waals surface area contributed by atoms with E-state index in [0.717, 1.165) is 31.3 Å². The number of aromatic nitrogens is 2. The van der Waals surface area contributed by atoms with E-state index in [2.05, 4.69) is 27.0 Å². The number of rotatable bonds is 3. The van der Waals surface area contributed by atoms with E-state index in [9.17, 15) is 9.50 Å². The number of fused-ring (bicyclic) bond motifs is 3. The van der Waals surface area contributed by atoms with Gasteiger partial charge in [0.15, 0.2) is 5.82 Å². The second-order valence-electron chi connectivity index (χ2n) is 9.58. The number of halogens is 2. The highest BCUT2D eigenvalue weighted by Gasteiger charge is 2.54. The van der Waals surface area contributed by atoms with Gasteiger partial charge in [-0.2, -0.15) is 0 Å². The fourth-order valence-electron chi connectivity index (χ4n) is 5.95. The van der Waals surface area contributed by atoms with Crippen LogP contribution in [0.1, 0.15) is 35.9 Å². The van der Waals surface area contributed by atoms with E-state index < -0.39 is 11.6 Å². The molecule has 3 heterocycles. The molecule has 0 amide bonds. The third-order valence-corrected chi connectivity index (χ3v) is 7.68. The van der Waals surface area contributed by atoms with Crippen molar-refractivity contribution >= 4 is 21.7 Å². The van der Waals surface area contributed by atoms with E-state index in [1.807, 2.05) is 0 Å². The minimum atomic E-state index is -0.559. The van der Waals surface area contributed by atoms with Gasteiger partial charge in [-0.15, -0.1) is 6.42 Å². The second-order valence-corrected chi connectivity index (χ2v) is 9.58. The zero-order valence-electron chi connectivity index (χ0n) is 17.8. The molecular weight excluding hydrogens is 420 g/mol. The summed E-state index contributed by atoms with van der Waals surface area (Å²) in [6.45, 7) is 2.02. The van der Waals surface area contributed by atoms with Crippen LogP contribution in [0.3, 0.4) is 0 Å². The van der Waals surface area contributed by atoms with Gasteiger partial charge in [-0.1, -0.05) is 12.0 Å². The number of phenols is 1. The normalized spacial score (nSPS) is 23.7. The molecule has 0 bridgehead atoms. The average molecular weight is 441 g/mol. The molecule has 0 radical (unpaired) electrons. The third kappa shape index (κ3) is 2.63. The maximum absolute atomic E-state index is 16.3. The third-order valence-electron chi connectivity index (χ3n) is 7.68. The summed E-state index contributed by atoms with van der Waals surface area (Å²) in [7, 11) is 0. The lowest BCUT2D eigenvalue weighted by molar-refractivity contribution is 0.476. The van der Waals surface area contributed by atoms with Crippen LogP contribution in [0.5, 0.6) is 5.75 Å². The zero-order valence-corrected chi connectivity index (χ0v) is 17.8. The molecule has 2 aliphatic carbocycles. The maximum Gasteiger partial charge on any atom is 0.173 e. The summed E-state index contributed by atoms with van der Waals surface area (Å²) in [5.74, 6) is 3.01. The van der Waals surface area contributed by atoms with Crippen LogP contribution in [-0.4, -0.2) is 27.7 Å². The molecule has 164 valence electrons. The summed E-state index contributed by atoms with van der Waals surface area (Å²) in [5, 5.41) is 15.5. The van der Waals surface area contributed by atoms with Crippen molar-refractivity contribution in [2.24, 2.45) is 11.8 Å². The van der Waals surface area contributed by atoms with E-state index in [1.54, 1.807) is 6.20 Å². The number of pyridine rings is 1. The van der Waals surface area contributed by atoms with Crippen molar-refractivity contribution in [1.29, 1.82) is 0 Å². The van der Waals surface area contributed by atoms with Crippen molar-refractivity contribution < 1.29 is 13.9 Å². The highest BCUT2D eigenvalue weighted by atomic mass is 19.1. The molecular formula is C27H21F2N3O. The molecule has 3 fully saturated rings. The van der Waals surface area contributed by atoms with Gasteiger partial charge < -0.3 is 15.0 Å². The van der Waals surface area contributed by atoms with Crippen molar-refractivity contribution in [2.45, 2.75) is 24.8 Å². The van der Waals surface area contributed by atoms with Crippen molar-refractivity contribution in [3.8, 4) is 29.4 Å². The van der Waals surface area contributed by atoms with Gasteiger partial charge in [0.25, 0.3) is 0 Å². The Morgan fingerprint density at radius 1 is 1.15 bits per heavy atom. The summed E-state index contributed by atoms with van der Waals surface area (Å²) in [6, 6.07) is 6.01. The number of terminal acetylenes is 1. The van der Waals surface area contributed by atoms with Crippen LogP contribution >= 0.6 is 0 Å². The first-order valence-corrected chi connectivity index (χ1v) is 11.4. The zero-order chi connectivity index (χ0) is 22.4. The number of hydrogen-bond acceptors (Lipinski definition) is 3. The first kappa shape index (κ1) is 19.1. The molecule has 1 saturated heterocycles. The standard InChI is InChI=1S/C27H21F2N3O/c1-2-16-22(28)6-3-13-7-15(33)8-17(23(13)16)26-25(29)27-20(11-31-26)21(12-32(27)14-4-5-14)24-18-9-30-10-19(18)24/h1,3,6-8,11-12,14,18-19,24,30,33H,4-5,9-10H2/t18-,19+,24?. The first-order valence-electron chi connectivity index (χ1n) is 11.4. The maximum atomic E-state index is 16.3. The molecule has 7 rings (SSSR count). The molecule has 2 saturated carbocycles. The molecule has 1 unspecified atom stereocenters. The van der Waals surface area contributed by atoms with Crippen LogP contribution in [0.25, 0.3) is 32.9 Å². The number of nitrogens with one attached hydrogen (secondary N) is 1. The van der Waals surface area contributed by atoms with Crippen LogP contribution in [0.4, 0.5) is 8.78 Å². The highest BCUT2D eigenvalue weighted by Crippen LogP contribution is 2.58. The smallest absolute Gasteiger partial charge is 0.173 e.